The zero-order chi connectivity index (χ0) is 23.1. The molecule has 3 aromatic rings. The number of amides is 1. The van der Waals surface area contributed by atoms with E-state index in [4.69, 9.17) is 11.6 Å². The molecular formula is C25H30ClN5OS. The highest BCUT2D eigenvalue weighted by Crippen LogP contribution is 2.47. The third-order valence-corrected chi connectivity index (χ3v) is 8.31. The molecule has 5 rings (SSSR count). The van der Waals surface area contributed by atoms with E-state index in [1.807, 2.05) is 25.1 Å². The van der Waals surface area contributed by atoms with Gasteiger partial charge >= 0.3 is 0 Å². The maximum atomic E-state index is 13.4. The monoisotopic (exact) mass is 483 g/mol. The van der Waals surface area contributed by atoms with Crippen molar-refractivity contribution in [1.29, 1.82) is 0 Å². The van der Waals surface area contributed by atoms with Gasteiger partial charge in [-0.25, -0.2) is 0 Å². The zero-order valence-electron chi connectivity index (χ0n) is 19.4. The third-order valence-electron chi connectivity index (χ3n) is 6.71. The number of hydrogen-bond donors (Lipinski definition) is 1. The Bertz CT molecular complexity index is 1180. The molecule has 2 aliphatic rings. The number of aryl methyl sites for hydroxylation is 1. The van der Waals surface area contributed by atoms with Crippen molar-refractivity contribution in [2.45, 2.75) is 59.0 Å². The van der Waals surface area contributed by atoms with Crippen LogP contribution in [0.4, 0.5) is 0 Å². The molecule has 8 heteroatoms. The molecule has 1 amide bonds. The number of carbonyl (C=O) groups is 1. The molecule has 0 saturated carbocycles. The second kappa shape index (κ2) is 9.20. The standard InChI is InChI=1S/C25H30ClN5OS/c1-4-10-30(11-5-2)24(32)16-12-18-20(13-16)33-25-22(18)23(17-8-6-7-9-19(17)26)27-14-21-29-28-15(3)31(21)25/h6-9,16,23,27H,4-5,10-14H2,1-3H3/t16-,23-/m0/s1. The molecule has 3 heterocycles. The van der Waals surface area contributed by atoms with Crippen LogP contribution in [0.3, 0.4) is 0 Å². The van der Waals surface area contributed by atoms with Gasteiger partial charge in [-0.2, -0.15) is 0 Å². The fraction of sp³-hybridized carbons (Fsp3) is 0.480. The Balaban J connectivity index is 1.57. The van der Waals surface area contributed by atoms with Crippen LogP contribution in [-0.4, -0.2) is 38.7 Å². The Hall–Kier alpha value is -2.22. The Kier molecular flexibility index (Phi) is 6.29. The molecule has 0 saturated heterocycles. The van der Waals surface area contributed by atoms with Gasteiger partial charge in [-0.1, -0.05) is 43.6 Å². The van der Waals surface area contributed by atoms with E-state index in [-0.39, 0.29) is 12.0 Å². The maximum absolute atomic E-state index is 13.4. The van der Waals surface area contributed by atoms with Gasteiger partial charge in [0.1, 0.15) is 10.8 Å². The summed E-state index contributed by atoms with van der Waals surface area (Å²) in [6, 6.07) is 7.98. The van der Waals surface area contributed by atoms with Crippen molar-refractivity contribution in [3.63, 3.8) is 0 Å². The second-order valence-electron chi connectivity index (χ2n) is 8.99. The summed E-state index contributed by atoms with van der Waals surface area (Å²) < 4.78 is 2.18. The number of halogens is 1. The Morgan fingerprint density at radius 2 is 1.97 bits per heavy atom. The lowest BCUT2D eigenvalue weighted by Crippen LogP contribution is -2.37. The molecule has 1 aliphatic heterocycles. The van der Waals surface area contributed by atoms with Gasteiger partial charge in [0.25, 0.3) is 0 Å². The van der Waals surface area contributed by atoms with Crippen molar-refractivity contribution < 1.29 is 4.79 Å². The summed E-state index contributed by atoms with van der Waals surface area (Å²) in [4.78, 5) is 16.8. The van der Waals surface area contributed by atoms with Gasteiger partial charge in [0, 0.05) is 34.5 Å². The van der Waals surface area contributed by atoms with Gasteiger partial charge in [-0.15, -0.1) is 21.5 Å². The van der Waals surface area contributed by atoms with Gasteiger partial charge in [0.15, 0.2) is 5.82 Å². The SMILES string of the molecule is CCCN(CCC)C(=O)[C@@H]1Cc2sc3c(c2C1)[C@H](c1ccccc1Cl)NCc1nnc(C)n1-3. The Morgan fingerprint density at radius 1 is 1.21 bits per heavy atom. The number of thiophene rings is 1. The zero-order valence-corrected chi connectivity index (χ0v) is 21.0. The van der Waals surface area contributed by atoms with Crippen LogP contribution < -0.4 is 5.32 Å². The number of aromatic nitrogens is 3. The van der Waals surface area contributed by atoms with Crippen molar-refractivity contribution in [2.75, 3.05) is 13.1 Å². The first-order valence-corrected chi connectivity index (χ1v) is 13.0. The highest BCUT2D eigenvalue weighted by molar-refractivity contribution is 7.15. The number of carbonyl (C=O) groups excluding carboxylic acids is 1. The number of nitrogens with zero attached hydrogens (tertiary/aromatic N) is 4. The molecule has 0 unspecified atom stereocenters. The topological polar surface area (TPSA) is 63.1 Å². The predicted molar refractivity (Wildman–Crippen MR) is 132 cm³/mol. The summed E-state index contributed by atoms with van der Waals surface area (Å²) in [6.07, 6.45) is 3.57. The fourth-order valence-electron chi connectivity index (χ4n) is 5.27. The third kappa shape index (κ3) is 3.90. The molecule has 2 atom stereocenters. The molecule has 6 nitrogen and oxygen atoms in total. The average Bonchev–Trinajstić information content (AvgIpc) is 3.44. The van der Waals surface area contributed by atoms with E-state index in [1.165, 1.54) is 16.0 Å². The highest BCUT2D eigenvalue weighted by Gasteiger charge is 2.39. The number of benzene rings is 1. The summed E-state index contributed by atoms with van der Waals surface area (Å²) in [6.45, 7) is 8.56. The minimum Gasteiger partial charge on any atom is -0.342 e. The van der Waals surface area contributed by atoms with E-state index < -0.39 is 0 Å². The smallest absolute Gasteiger partial charge is 0.226 e. The maximum Gasteiger partial charge on any atom is 0.226 e. The average molecular weight is 484 g/mol. The summed E-state index contributed by atoms with van der Waals surface area (Å²) in [5, 5.41) is 14.4. The van der Waals surface area contributed by atoms with Crippen molar-refractivity contribution in [1.82, 2.24) is 25.0 Å². The summed E-state index contributed by atoms with van der Waals surface area (Å²) in [7, 11) is 0. The van der Waals surface area contributed by atoms with Gasteiger partial charge in [0.2, 0.25) is 5.91 Å². The molecular weight excluding hydrogens is 454 g/mol. The van der Waals surface area contributed by atoms with Crippen LogP contribution in [0, 0.1) is 12.8 Å². The summed E-state index contributed by atoms with van der Waals surface area (Å²) in [5.41, 5.74) is 3.60. The molecule has 33 heavy (non-hydrogen) atoms. The van der Waals surface area contributed by atoms with E-state index >= 15 is 0 Å². The van der Waals surface area contributed by atoms with Crippen LogP contribution in [0.5, 0.6) is 0 Å². The molecule has 0 spiro atoms. The van der Waals surface area contributed by atoms with Gasteiger partial charge in [-0.05, 0) is 49.8 Å². The highest BCUT2D eigenvalue weighted by atomic mass is 35.5. The van der Waals surface area contributed by atoms with Gasteiger partial charge in [-0.3, -0.25) is 14.7 Å². The molecule has 0 bridgehead atoms. The number of hydrogen-bond acceptors (Lipinski definition) is 5. The lowest BCUT2D eigenvalue weighted by atomic mass is 9.94. The normalized spacial score (nSPS) is 19.0. The molecule has 1 N–H and O–H groups in total. The fourth-order valence-corrected chi connectivity index (χ4v) is 7.03. The van der Waals surface area contributed by atoms with Crippen LogP contribution in [0.1, 0.15) is 65.9 Å². The van der Waals surface area contributed by atoms with E-state index in [2.05, 4.69) is 44.9 Å². The van der Waals surface area contributed by atoms with E-state index in [9.17, 15) is 4.79 Å². The van der Waals surface area contributed by atoms with Crippen LogP contribution in [0.25, 0.3) is 5.00 Å². The van der Waals surface area contributed by atoms with Crippen molar-refractivity contribution in [3.8, 4) is 5.00 Å². The minimum atomic E-state index is -0.0500. The second-order valence-corrected chi connectivity index (χ2v) is 10.5. The van der Waals surface area contributed by atoms with Crippen LogP contribution in [0.15, 0.2) is 24.3 Å². The molecule has 1 aliphatic carbocycles. The minimum absolute atomic E-state index is 0.0197. The molecule has 0 radical (unpaired) electrons. The Labute approximate surface area is 204 Å². The van der Waals surface area contributed by atoms with Crippen LogP contribution in [0.2, 0.25) is 5.02 Å². The van der Waals surface area contributed by atoms with Crippen molar-refractivity contribution >= 4 is 28.8 Å². The first-order chi connectivity index (χ1) is 16.0. The predicted octanol–water partition coefficient (Wildman–Crippen LogP) is 4.85. The largest absolute Gasteiger partial charge is 0.342 e. The lowest BCUT2D eigenvalue weighted by molar-refractivity contribution is -0.135. The van der Waals surface area contributed by atoms with Gasteiger partial charge < -0.3 is 4.90 Å². The van der Waals surface area contributed by atoms with Crippen molar-refractivity contribution in [2.24, 2.45) is 5.92 Å². The molecule has 174 valence electrons. The quantitative estimate of drug-likeness (QED) is 0.544. The van der Waals surface area contributed by atoms with E-state index in [0.717, 1.165) is 66.0 Å². The van der Waals surface area contributed by atoms with E-state index in [0.29, 0.717) is 12.5 Å². The first kappa shape index (κ1) is 22.6. The number of nitrogens with one attached hydrogen (secondary N) is 1. The van der Waals surface area contributed by atoms with Crippen molar-refractivity contribution in [3.05, 3.63) is 62.5 Å². The lowest BCUT2D eigenvalue weighted by Gasteiger charge is -2.25. The van der Waals surface area contributed by atoms with E-state index in [1.54, 1.807) is 11.3 Å². The molecule has 1 aromatic carbocycles. The van der Waals surface area contributed by atoms with Crippen LogP contribution in [-0.2, 0) is 24.2 Å². The number of fused-ring (bicyclic) bond motifs is 5. The summed E-state index contributed by atoms with van der Waals surface area (Å²) >= 11 is 8.46. The first-order valence-electron chi connectivity index (χ1n) is 11.9. The molecule has 0 fully saturated rings. The molecule has 2 aromatic heterocycles. The Morgan fingerprint density at radius 3 is 2.70 bits per heavy atom. The van der Waals surface area contributed by atoms with Crippen LogP contribution >= 0.6 is 22.9 Å². The number of rotatable bonds is 6. The summed E-state index contributed by atoms with van der Waals surface area (Å²) in [5.74, 6) is 2.12. The van der Waals surface area contributed by atoms with Gasteiger partial charge in [0.05, 0.1) is 12.6 Å².